The molecule has 0 aliphatic carbocycles. The Labute approximate surface area is 150 Å². The maximum Gasteiger partial charge on any atom is 0.262 e. The molecule has 0 unspecified atom stereocenters. The van der Waals surface area contributed by atoms with Gasteiger partial charge < -0.3 is 4.57 Å². The highest BCUT2D eigenvalue weighted by molar-refractivity contribution is 7.89. The van der Waals surface area contributed by atoms with Crippen LogP contribution in [0.5, 0.6) is 0 Å². The Morgan fingerprint density at radius 3 is 2.58 bits per heavy atom. The van der Waals surface area contributed by atoms with E-state index in [2.05, 4.69) is 25.5 Å². The van der Waals surface area contributed by atoms with Crippen molar-refractivity contribution in [3.8, 4) is 0 Å². The standard InChI is InChI=1S/C14H19N9O2S/c1-3-20-10-14(17-11(20)2)26(24,25)21-8-13(9-21)22-6-12(18-19-22)7-23-15-4-5-16-23/h4-6,10,13H,3,7-9H2,1-2H3. The highest BCUT2D eigenvalue weighted by Crippen LogP contribution is 2.27. The number of hydrogen-bond acceptors (Lipinski definition) is 7. The lowest BCUT2D eigenvalue weighted by Crippen LogP contribution is -2.50. The third-order valence-corrected chi connectivity index (χ3v) is 6.13. The molecule has 0 radical (unpaired) electrons. The lowest BCUT2D eigenvalue weighted by Gasteiger charge is -2.36. The van der Waals surface area contributed by atoms with E-state index in [1.807, 2.05) is 11.5 Å². The number of sulfonamides is 1. The van der Waals surface area contributed by atoms with Gasteiger partial charge in [-0.2, -0.15) is 19.3 Å². The molecular formula is C14H19N9O2S. The minimum Gasteiger partial charge on any atom is -0.334 e. The number of aromatic nitrogens is 8. The second kappa shape index (κ2) is 6.29. The summed E-state index contributed by atoms with van der Waals surface area (Å²) in [5, 5.41) is 16.3. The second-order valence-electron chi connectivity index (χ2n) is 6.14. The quantitative estimate of drug-likeness (QED) is 0.578. The largest absolute Gasteiger partial charge is 0.334 e. The van der Waals surface area contributed by atoms with Gasteiger partial charge in [-0.15, -0.1) is 5.10 Å². The third-order valence-electron chi connectivity index (χ3n) is 4.43. The molecule has 4 rings (SSSR count). The van der Waals surface area contributed by atoms with E-state index < -0.39 is 10.0 Å². The minimum absolute atomic E-state index is 0.0361. The molecule has 0 N–H and O–H groups in total. The van der Waals surface area contributed by atoms with Crippen LogP contribution in [0.15, 0.2) is 29.8 Å². The lowest BCUT2D eigenvalue weighted by atomic mass is 10.2. The Hall–Kier alpha value is -2.60. The molecule has 11 nitrogen and oxygen atoms in total. The minimum atomic E-state index is -3.57. The monoisotopic (exact) mass is 377 g/mol. The molecule has 3 aromatic rings. The molecular weight excluding hydrogens is 358 g/mol. The molecule has 0 amide bonds. The van der Waals surface area contributed by atoms with Gasteiger partial charge >= 0.3 is 0 Å². The molecule has 0 bridgehead atoms. The fourth-order valence-corrected chi connectivity index (χ4v) is 4.38. The highest BCUT2D eigenvalue weighted by atomic mass is 32.2. The van der Waals surface area contributed by atoms with Gasteiger partial charge in [0.25, 0.3) is 10.0 Å². The van der Waals surface area contributed by atoms with Crippen molar-refractivity contribution in [1.82, 2.24) is 43.8 Å². The van der Waals surface area contributed by atoms with E-state index in [9.17, 15) is 8.42 Å². The van der Waals surface area contributed by atoms with Gasteiger partial charge in [0.15, 0.2) is 5.03 Å². The van der Waals surface area contributed by atoms with Crippen molar-refractivity contribution in [3.63, 3.8) is 0 Å². The lowest BCUT2D eigenvalue weighted by molar-refractivity contribution is 0.188. The summed E-state index contributed by atoms with van der Waals surface area (Å²) in [6, 6.07) is -0.0361. The molecule has 3 aromatic heterocycles. The van der Waals surface area contributed by atoms with Gasteiger partial charge in [0.05, 0.1) is 24.6 Å². The van der Waals surface area contributed by atoms with Crippen molar-refractivity contribution < 1.29 is 8.42 Å². The normalized spacial score (nSPS) is 16.1. The Morgan fingerprint density at radius 2 is 1.92 bits per heavy atom. The summed E-state index contributed by atoms with van der Waals surface area (Å²) in [6.07, 6.45) is 6.58. The zero-order chi connectivity index (χ0) is 18.3. The van der Waals surface area contributed by atoms with Gasteiger partial charge in [0.2, 0.25) is 0 Å². The van der Waals surface area contributed by atoms with Gasteiger partial charge in [-0.05, 0) is 13.8 Å². The van der Waals surface area contributed by atoms with Crippen LogP contribution in [0, 0.1) is 6.92 Å². The molecule has 4 heterocycles. The first-order valence-electron chi connectivity index (χ1n) is 8.26. The molecule has 1 fully saturated rings. The zero-order valence-electron chi connectivity index (χ0n) is 14.5. The third kappa shape index (κ3) is 2.90. The summed E-state index contributed by atoms with van der Waals surface area (Å²) in [6.45, 7) is 5.56. The van der Waals surface area contributed by atoms with Crippen LogP contribution in [0.1, 0.15) is 24.5 Å². The molecule has 1 aliphatic rings. The summed E-state index contributed by atoms with van der Waals surface area (Å²) in [7, 11) is -3.57. The van der Waals surface area contributed by atoms with Crippen molar-refractivity contribution >= 4 is 10.0 Å². The number of aryl methyl sites for hydroxylation is 2. The number of rotatable bonds is 6. The maximum atomic E-state index is 12.7. The van der Waals surface area contributed by atoms with Crippen molar-refractivity contribution in [2.45, 2.75) is 38.0 Å². The fraction of sp³-hybridized carbons (Fsp3) is 0.500. The maximum absolute atomic E-state index is 12.7. The van der Waals surface area contributed by atoms with E-state index in [1.54, 1.807) is 36.4 Å². The van der Waals surface area contributed by atoms with Crippen LogP contribution in [-0.2, 0) is 23.1 Å². The van der Waals surface area contributed by atoms with E-state index >= 15 is 0 Å². The van der Waals surface area contributed by atoms with E-state index in [0.29, 0.717) is 32.0 Å². The van der Waals surface area contributed by atoms with Gasteiger partial charge in [-0.3, -0.25) is 0 Å². The average molecular weight is 377 g/mol. The molecule has 0 spiro atoms. The SMILES string of the molecule is CCn1cc(S(=O)(=O)N2CC(n3cc(Cn4nccn4)nn3)C2)nc1C. The van der Waals surface area contributed by atoms with Crippen LogP contribution >= 0.6 is 0 Å². The first-order valence-corrected chi connectivity index (χ1v) is 9.70. The summed E-state index contributed by atoms with van der Waals surface area (Å²) in [5.41, 5.74) is 0.722. The number of nitrogens with zero attached hydrogens (tertiary/aromatic N) is 9. The summed E-state index contributed by atoms with van der Waals surface area (Å²) < 4.78 is 30.3. The van der Waals surface area contributed by atoms with Crippen LogP contribution in [0.4, 0.5) is 0 Å². The van der Waals surface area contributed by atoms with E-state index in [-0.39, 0.29) is 11.1 Å². The fourth-order valence-electron chi connectivity index (χ4n) is 2.87. The Bertz CT molecular complexity index is 999. The Morgan fingerprint density at radius 1 is 1.19 bits per heavy atom. The van der Waals surface area contributed by atoms with Crippen molar-refractivity contribution in [2.24, 2.45) is 0 Å². The predicted molar refractivity (Wildman–Crippen MR) is 89.6 cm³/mol. The molecule has 0 atom stereocenters. The van der Waals surface area contributed by atoms with Crippen molar-refractivity contribution in [2.75, 3.05) is 13.1 Å². The van der Waals surface area contributed by atoms with Crippen LogP contribution in [0.25, 0.3) is 0 Å². The number of imidazole rings is 1. The molecule has 0 saturated carbocycles. The summed E-state index contributed by atoms with van der Waals surface area (Å²) in [5.74, 6) is 0.691. The highest BCUT2D eigenvalue weighted by Gasteiger charge is 2.39. The summed E-state index contributed by atoms with van der Waals surface area (Å²) in [4.78, 5) is 5.69. The smallest absolute Gasteiger partial charge is 0.262 e. The Balaban J connectivity index is 1.42. The molecule has 1 saturated heterocycles. The molecule has 1 aliphatic heterocycles. The predicted octanol–water partition coefficient (Wildman–Crippen LogP) is -0.312. The second-order valence-corrected chi connectivity index (χ2v) is 8.02. The molecule has 0 aromatic carbocycles. The first kappa shape index (κ1) is 16.8. The van der Waals surface area contributed by atoms with Crippen molar-refractivity contribution in [1.29, 1.82) is 0 Å². The van der Waals surface area contributed by atoms with Gasteiger partial charge in [0.1, 0.15) is 18.1 Å². The zero-order valence-corrected chi connectivity index (χ0v) is 15.3. The van der Waals surface area contributed by atoms with Crippen LogP contribution in [-0.4, -0.2) is 65.4 Å². The number of hydrogen-bond donors (Lipinski definition) is 0. The van der Waals surface area contributed by atoms with Crippen LogP contribution in [0.2, 0.25) is 0 Å². The van der Waals surface area contributed by atoms with Gasteiger partial charge in [-0.1, -0.05) is 5.21 Å². The molecule has 12 heteroatoms. The van der Waals surface area contributed by atoms with Crippen LogP contribution in [0.3, 0.4) is 0 Å². The summed E-state index contributed by atoms with van der Waals surface area (Å²) >= 11 is 0. The van der Waals surface area contributed by atoms with E-state index in [1.165, 1.54) is 9.10 Å². The molecule has 138 valence electrons. The van der Waals surface area contributed by atoms with Gasteiger partial charge in [0, 0.05) is 25.8 Å². The first-order chi connectivity index (χ1) is 12.5. The Kier molecular flexibility index (Phi) is 4.07. The topological polar surface area (TPSA) is 117 Å². The van der Waals surface area contributed by atoms with Crippen LogP contribution < -0.4 is 0 Å². The van der Waals surface area contributed by atoms with E-state index in [4.69, 9.17) is 0 Å². The van der Waals surface area contributed by atoms with Crippen molar-refractivity contribution in [3.05, 3.63) is 36.3 Å². The average Bonchev–Trinajstić information content (AvgIpc) is 3.28. The van der Waals surface area contributed by atoms with Gasteiger partial charge in [-0.25, -0.2) is 18.1 Å². The van der Waals surface area contributed by atoms with E-state index in [0.717, 1.165) is 5.69 Å². The molecule has 26 heavy (non-hydrogen) atoms.